The van der Waals surface area contributed by atoms with Gasteiger partial charge < -0.3 is 5.32 Å². The lowest BCUT2D eigenvalue weighted by atomic mass is 9.70. The summed E-state index contributed by atoms with van der Waals surface area (Å²) in [6.07, 6.45) is 3.49. The standard InChI is InChI=1S/C13H18N2O3S/c1-13(7-2-8-13)9-15-12(16)10-3-5-11(6-4-10)19(14,17)18/h3-6H,2,7-9H2,1H3,(H,15,16)(H2,14,17,18). The molecule has 0 radical (unpaired) electrons. The van der Waals surface area contributed by atoms with Crippen LogP contribution < -0.4 is 10.5 Å². The zero-order chi connectivity index (χ0) is 14.1. The third-order valence-corrected chi connectivity index (χ3v) is 4.61. The largest absolute Gasteiger partial charge is 0.351 e. The molecule has 1 aliphatic carbocycles. The van der Waals surface area contributed by atoms with Crippen molar-refractivity contribution in [3.63, 3.8) is 0 Å². The summed E-state index contributed by atoms with van der Waals surface area (Å²) < 4.78 is 22.2. The molecule has 0 saturated heterocycles. The second-order valence-corrected chi connectivity index (χ2v) is 6.98. The molecule has 2 rings (SSSR count). The van der Waals surface area contributed by atoms with E-state index in [0.29, 0.717) is 12.1 Å². The zero-order valence-corrected chi connectivity index (χ0v) is 11.7. The van der Waals surface area contributed by atoms with Gasteiger partial charge in [-0.3, -0.25) is 4.79 Å². The van der Waals surface area contributed by atoms with Crippen molar-refractivity contribution in [2.45, 2.75) is 31.1 Å². The Balaban J connectivity index is 2.00. The van der Waals surface area contributed by atoms with Crippen LogP contribution in [0.25, 0.3) is 0 Å². The van der Waals surface area contributed by atoms with Gasteiger partial charge in [-0.25, -0.2) is 13.6 Å². The molecule has 0 unspecified atom stereocenters. The number of hydrogen-bond donors (Lipinski definition) is 2. The summed E-state index contributed by atoms with van der Waals surface area (Å²) in [5, 5.41) is 7.88. The van der Waals surface area contributed by atoms with Crippen LogP contribution in [-0.2, 0) is 10.0 Å². The first-order valence-electron chi connectivity index (χ1n) is 6.21. The molecule has 0 aliphatic heterocycles. The van der Waals surface area contributed by atoms with Crippen LogP contribution in [0.5, 0.6) is 0 Å². The van der Waals surface area contributed by atoms with Crippen LogP contribution in [0.2, 0.25) is 0 Å². The molecule has 0 bridgehead atoms. The second-order valence-electron chi connectivity index (χ2n) is 5.42. The Kier molecular flexibility index (Phi) is 3.64. The summed E-state index contributed by atoms with van der Waals surface area (Å²) >= 11 is 0. The van der Waals surface area contributed by atoms with E-state index in [4.69, 9.17) is 5.14 Å². The normalized spacial score (nSPS) is 17.6. The van der Waals surface area contributed by atoms with Crippen molar-refractivity contribution in [2.75, 3.05) is 6.54 Å². The van der Waals surface area contributed by atoms with Crippen molar-refractivity contribution in [1.82, 2.24) is 5.32 Å². The lowest BCUT2D eigenvalue weighted by Crippen LogP contribution is -2.39. The molecule has 104 valence electrons. The zero-order valence-electron chi connectivity index (χ0n) is 10.8. The summed E-state index contributed by atoms with van der Waals surface area (Å²) in [4.78, 5) is 11.9. The SMILES string of the molecule is CC1(CNC(=O)c2ccc(S(N)(=O)=O)cc2)CCC1. The topological polar surface area (TPSA) is 89.3 Å². The minimum atomic E-state index is -3.71. The van der Waals surface area contributed by atoms with Gasteiger partial charge in [-0.1, -0.05) is 13.3 Å². The van der Waals surface area contributed by atoms with Gasteiger partial charge in [0.2, 0.25) is 10.0 Å². The van der Waals surface area contributed by atoms with E-state index in [2.05, 4.69) is 12.2 Å². The number of rotatable bonds is 4. The molecule has 0 atom stereocenters. The molecule has 3 N–H and O–H groups in total. The Labute approximate surface area is 113 Å². The van der Waals surface area contributed by atoms with Crippen LogP contribution in [0.15, 0.2) is 29.2 Å². The van der Waals surface area contributed by atoms with Crippen molar-refractivity contribution in [3.8, 4) is 0 Å². The van der Waals surface area contributed by atoms with Gasteiger partial charge in [-0.15, -0.1) is 0 Å². The van der Waals surface area contributed by atoms with Crippen LogP contribution in [0.3, 0.4) is 0 Å². The highest BCUT2D eigenvalue weighted by molar-refractivity contribution is 7.89. The number of carbonyl (C=O) groups is 1. The number of nitrogens with one attached hydrogen (secondary N) is 1. The van der Waals surface area contributed by atoms with E-state index in [0.717, 1.165) is 12.8 Å². The summed E-state index contributed by atoms with van der Waals surface area (Å²) in [5.74, 6) is -0.186. The monoisotopic (exact) mass is 282 g/mol. The van der Waals surface area contributed by atoms with Crippen LogP contribution in [0.1, 0.15) is 36.5 Å². The molecule has 0 spiro atoms. The molecule has 1 saturated carbocycles. The fourth-order valence-corrected chi connectivity index (χ4v) is 2.66. The number of primary sulfonamides is 1. The predicted molar refractivity (Wildman–Crippen MR) is 72.1 cm³/mol. The number of carbonyl (C=O) groups excluding carboxylic acids is 1. The molecule has 0 heterocycles. The Bertz CT molecular complexity index is 574. The van der Waals surface area contributed by atoms with Gasteiger partial charge in [0.1, 0.15) is 0 Å². The smallest absolute Gasteiger partial charge is 0.251 e. The number of hydrogen-bond acceptors (Lipinski definition) is 3. The predicted octanol–water partition coefficient (Wildman–Crippen LogP) is 1.25. The Morgan fingerprint density at radius 3 is 2.32 bits per heavy atom. The third kappa shape index (κ3) is 3.33. The van der Waals surface area contributed by atoms with Gasteiger partial charge in [0.25, 0.3) is 5.91 Å². The Morgan fingerprint density at radius 1 is 1.32 bits per heavy atom. The van der Waals surface area contributed by atoms with Gasteiger partial charge in [0.15, 0.2) is 0 Å². The molecule has 6 heteroatoms. The molecule has 1 fully saturated rings. The van der Waals surface area contributed by atoms with Crippen molar-refractivity contribution < 1.29 is 13.2 Å². The molecule has 0 aromatic heterocycles. The molecular formula is C13H18N2O3S. The maximum absolute atomic E-state index is 11.9. The van der Waals surface area contributed by atoms with E-state index in [1.807, 2.05) is 0 Å². The van der Waals surface area contributed by atoms with Gasteiger partial charge >= 0.3 is 0 Å². The molecule has 19 heavy (non-hydrogen) atoms. The van der Waals surface area contributed by atoms with Crippen LogP contribution >= 0.6 is 0 Å². The lowest BCUT2D eigenvalue weighted by molar-refractivity contribution is 0.0890. The molecule has 1 aromatic carbocycles. The quantitative estimate of drug-likeness (QED) is 0.871. The van der Waals surface area contributed by atoms with E-state index in [1.54, 1.807) is 0 Å². The van der Waals surface area contributed by atoms with Crippen LogP contribution in [0, 0.1) is 5.41 Å². The number of benzene rings is 1. The van der Waals surface area contributed by atoms with E-state index in [-0.39, 0.29) is 16.2 Å². The van der Waals surface area contributed by atoms with Crippen molar-refractivity contribution in [3.05, 3.63) is 29.8 Å². The Morgan fingerprint density at radius 2 is 1.89 bits per heavy atom. The fraction of sp³-hybridized carbons (Fsp3) is 0.462. The molecule has 5 nitrogen and oxygen atoms in total. The summed E-state index contributed by atoms with van der Waals surface area (Å²) in [5.41, 5.74) is 0.659. The first kappa shape index (κ1) is 14.0. The average Bonchev–Trinajstić information content (AvgIpc) is 2.33. The van der Waals surface area contributed by atoms with E-state index in [9.17, 15) is 13.2 Å². The molecule has 1 amide bonds. The highest BCUT2D eigenvalue weighted by Crippen LogP contribution is 2.39. The number of nitrogens with two attached hydrogens (primary N) is 1. The third-order valence-electron chi connectivity index (χ3n) is 3.68. The maximum Gasteiger partial charge on any atom is 0.251 e. The second kappa shape index (κ2) is 4.94. The highest BCUT2D eigenvalue weighted by atomic mass is 32.2. The molecule has 1 aliphatic rings. The first-order valence-corrected chi connectivity index (χ1v) is 7.76. The summed E-state index contributed by atoms with van der Waals surface area (Å²) in [6.45, 7) is 2.81. The van der Waals surface area contributed by atoms with Crippen LogP contribution in [-0.4, -0.2) is 20.9 Å². The van der Waals surface area contributed by atoms with Gasteiger partial charge in [0, 0.05) is 12.1 Å². The number of amides is 1. The Hall–Kier alpha value is -1.40. The van der Waals surface area contributed by atoms with Crippen LogP contribution in [0.4, 0.5) is 0 Å². The molecule has 1 aromatic rings. The number of sulfonamides is 1. The van der Waals surface area contributed by atoms with Gasteiger partial charge in [-0.05, 0) is 42.5 Å². The van der Waals surface area contributed by atoms with E-state index in [1.165, 1.54) is 30.7 Å². The van der Waals surface area contributed by atoms with E-state index >= 15 is 0 Å². The average molecular weight is 282 g/mol. The van der Waals surface area contributed by atoms with Gasteiger partial charge in [0.05, 0.1) is 4.90 Å². The highest BCUT2D eigenvalue weighted by Gasteiger charge is 2.31. The van der Waals surface area contributed by atoms with E-state index < -0.39 is 10.0 Å². The lowest BCUT2D eigenvalue weighted by Gasteiger charge is -2.38. The van der Waals surface area contributed by atoms with Crippen molar-refractivity contribution >= 4 is 15.9 Å². The fourth-order valence-electron chi connectivity index (χ4n) is 2.15. The van der Waals surface area contributed by atoms with Crippen molar-refractivity contribution in [2.24, 2.45) is 10.6 Å². The first-order chi connectivity index (χ1) is 8.80. The summed E-state index contributed by atoms with van der Waals surface area (Å²) in [7, 11) is -3.71. The van der Waals surface area contributed by atoms with Crippen molar-refractivity contribution in [1.29, 1.82) is 0 Å². The minimum absolute atomic E-state index is 0.00926. The molecular weight excluding hydrogens is 264 g/mol. The summed E-state index contributed by atoms with van der Waals surface area (Å²) in [6, 6.07) is 5.63. The minimum Gasteiger partial charge on any atom is -0.351 e. The maximum atomic E-state index is 11.9. The van der Waals surface area contributed by atoms with Gasteiger partial charge in [-0.2, -0.15) is 0 Å².